The third-order valence-electron chi connectivity index (χ3n) is 4.91. The normalized spacial score (nSPS) is 11.6. The second kappa shape index (κ2) is 8.15. The van der Waals surface area contributed by atoms with Crippen LogP contribution >= 0.6 is 11.3 Å². The van der Waals surface area contributed by atoms with Crippen LogP contribution < -0.4 is 10.1 Å². The Morgan fingerprint density at radius 2 is 1.84 bits per heavy atom. The van der Waals surface area contributed by atoms with Crippen molar-refractivity contribution < 1.29 is 9.53 Å². The van der Waals surface area contributed by atoms with Crippen molar-refractivity contribution >= 4 is 33.3 Å². The minimum atomic E-state index is -0.252. The molecular formula is C24H26N4O2S. The van der Waals surface area contributed by atoms with Crippen molar-refractivity contribution in [1.82, 2.24) is 14.8 Å². The fourth-order valence-electron chi connectivity index (χ4n) is 3.17. The number of amides is 1. The van der Waals surface area contributed by atoms with E-state index in [9.17, 15) is 4.79 Å². The highest BCUT2D eigenvalue weighted by molar-refractivity contribution is 7.20. The topological polar surface area (TPSA) is 69.0 Å². The molecule has 6 nitrogen and oxygen atoms in total. The molecule has 0 saturated heterocycles. The van der Waals surface area contributed by atoms with Crippen LogP contribution in [0.25, 0.3) is 15.3 Å². The second-order valence-corrected chi connectivity index (χ2v) is 9.67. The largest absolute Gasteiger partial charge is 0.484 e. The van der Waals surface area contributed by atoms with Crippen LogP contribution in [0.5, 0.6) is 5.75 Å². The highest BCUT2D eigenvalue weighted by Crippen LogP contribution is 2.31. The standard InChI is InChI=1S/C24H26N4O2S/c1-15-6-9-18(10-7-15)30-14-22(29)26-21-12-16(2)27-28(21)23-25-19-11-8-17(24(3,4)5)13-20(19)31-23/h6-13H,14H2,1-5H3,(H,26,29). The summed E-state index contributed by atoms with van der Waals surface area (Å²) in [6.07, 6.45) is 0. The molecule has 4 aromatic rings. The number of carbonyl (C=O) groups is 1. The number of carbonyl (C=O) groups excluding carboxylic acids is 1. The Hall–Kier alpha value is -3.19. The molecule has 1 amide bonds. The first-order chi connectivity index (χ1) is 14.7. The summed E-state index contributed by atoms with van der Waals surface area (Å²) in [6.45, 7) is 10.4. The van der Waals surface area contributed by atoms with Gasteiger partial charge in [0.15, 0.2) is 6.61 Å². The van der Waals surface area contributed by atoms with Crippen LogP contribution in [0.4, 0.5) is 5.82 Å². The Bertz CT molecular complexity index is 1230. The summed E-state index contributed by atoms with van der Waals surface area (Å²) in [7, 11) is 0. The summed E-state index contributed by atoms with van der Waals surface area (Å²) in [5.74, 6) is 0.981. The highest BCUT2D eigenvalue weighted by Gasteiger charge is 2.18. The van der Waals surface area contributed by atoms with Crippen molar-refractivity contribution in [2.45, 2.75) is 40.0 Å². The Morgan fingerprint density at radius 3 is 2.55 bits per heavy atom. The zero-order chi connectivity index (χ0) is 22.2. The van der Waals surface area contributed by atoms with Gasteiger partial charge in [0.1, 0.15) is 11.6 Å². The predicted octanol–water partition coefficient (Wildman–Crippen LogP) is 5.41. The maximum Gasteiger partial charge on any atom is 0.263 e. The minimum absolute atomic E-state index is 0.0667. The summed E-state index contributed by atoms with van der Waals surface area (Å²) >= 11 is 1.55. The molecule has 0 fully saturated rings. The number of aromatic nitrogens is 3. The number of hydrogen-bond donors (Lipinski definition) is 1. The molecule has 4 rings (SSSR count). The van der Waals surface area contributed by atoms with Gasteiger partial charge in [0, 0.05) is 6.07 Å². The van der Waals surface area contributed by atoms with Gasteiger partial charge in [-0.1, -0.05) is 55.9 Å². The lowest BCUT2D eigenvalue weighted by Crippen LogP contribution is -2.21. The Kier molecular flexibility index (Phi) is 5.54. The van der Waals surface area contributed by atoms with E-state index in [1.165, 1.54) is 5.56 Å². The molecule has 0 radical (unpaired) electrons. The average Bonchev–Trinajstić information content (AvgIpc) is 3.29. The maximum absolute atomic E-state index is 12.5. The minimum Gasteiger partial charge on any atom is -0.484 e. The van der Waals surface area contributed by atoms with Crippen LogP contribution in [0.2, 0.25) is 0 Å². The van der Waals surface area contributed by atoms with E-state index < -0.39 is 0 Å². The summed E-state index contributed by atoms with van der Waals surface area (Å²) in [6, 6.07) is 15.8. The molecule has 2 heterocycles. The molecule has 160 valence electrons. The third kappa shape index (κ3) is 4.77. The van der Waals surface area contributed by atoms with Gasteiger partial charge in [-0.3, -0.25) is 4.79 Å². The van der Waals surface area contributed by atoms with Crippen LogP contribution in [0, 0.1) is 13.8 Å². The van der Waals surface area contributed by atoms with Crippen LogP contribution in [0.1, 0.15) is 37.6 Å². The van der Waals surface area contributed by atoms with E-state index in [-0.39, 0.29) is 17.9 Å². The summed E-state index contributed by atoms with van der Waals surface area (Å²) in [4.78, 5) is 17.2. The summed E-state index contributed by atoms with van der Waals surface area (Å²) < 4.78 is 8.36. The second-order valence-electron chi connectivity index (χ2n) is 8.66. The fourth-order valence-corrected chi connectivity index (χ4v) is 4.14. The molecule has 0 spiro atoms. The van der Waals surface area contributed by atoms with E-state index in [0.29, 0.717) is 16.7 Å². The molecule has 1 N–H and O–H groups in total. The third-order valence-corrected chi connectivity index (χ3v) is 5.91. The first-order valence-electron chi connectivity index (χ1n) is 10.2. The van der Waals surface area contributed by atoms with Gasteiger partial charge in [-0.25, -0.2) is 4.98 Å². The Labute approximate surface area is 185 Å². The molecule has 2 aromatic carbocycles. The fraction of sp³-hybridized carbons (Fsp3) is 0.292. The molecule has 0 bridgehead atoms. The van der Waals surface area contributed by atoms with Crippen LogP contribution in [0.15, 0.2) is 48.5 Å². The van der Waals surface area contributed by atoms with Crippen LogP contribution in [-0.2, 0) is 10.2 Å². The van der Waals surface area contributed by atoms with E-state index in [2.05, 4.69) is 43.3 Å². The summed E-state index contributed by atoms with van der Waals surface area (Å²) in [5.41, 5.74) is 4.18. The summed E-state index contributed by atoms with van der Waals surface area (Å²) in [5, 5.41) is 8.14. The molecule has 0 aliphatic carbocycles. The molecule has 0 aliphatic rings. The lowest BCUT2D eigenvalue weighted by molar-refractivity contribution is -0.118. The van der Waals surface area contributed by atoms with Crippen molar-refractivity contribution in [2.24, 2.45) is 0 Å². The van der Waals surface area contributed by atoms with Gasteiger partial charge in [0.2, 0.25) is 5.13 Å². The number of ether oxygens (including phenoxy) is 1. The molecule has 2 aromatic heterocycles. The number of aryl methyl sites for hydroxylation is 2. The quantitative estimate of drug-likeness (QED) is 0.456. The first kappa shape index (κ1) is 21.1. The number of benzene rings is 2. The van der Waals surface area contributed by atoms with E-state index in [1.807, 2.05) is 50.2 Å². The Balaban J connectivity index is 1.54. The number of nitrogens with zero attached hydrogens (tertiary/aromatic N) is 3. The number of thiazole rings is 1. The molecule has 0 aliphatic heterocycles. The van der Waals surface area contributed by atoms with Crippen molar-refractivity contribution in [3.05, 3.63) is 65.4 Å². The SMILES string of the molecule is Cc1ccc(OCC(=O)Nc2cc(C)nn2-c2nc3ccc(C(C)(C)C)cc3s2)cc1. The molecule has 0 saturated carbocycles. The zero-order valence-electron chi connectivity index (χ0n) is 18.4. The van der Waals surface area contributed by atoms with E-state index >= 15 is 0 Å². The molecule has 0 atom stereocenters. The van der Waals surface area contributed by atoms with Crippen molar-refractivity contribution in [3.8, 4) is 10.9 Å². The Morgan fingerprint density at radius 1 is 1.10 bits per heavy atom. The van der Waals surface area contributed by atoms with Gasteiger partial charge in [0.05, 0.1) is 15.9 Å². The number of rotatable bonds is 5. The lowest BCUT2D eigenvalue weighted by atomic mass is 9.87. The van der Waals surface area contributed by atoms with Gasteiger partial charge >= 0.3 is 0 Å². The maximum atomic E-state index is 12.5. The van der Waals surface area contributed by atoms with Gasteiger partial charge in [-0.2, -0.15) is 9.78 Å². The average molecular weight is 435 g/mol. The zero-order valence-corrected chi connectivity index (χ0v) is 19.2. The monoisotopic (exact) mass is 434 g/mol. The first-order valence-corrected chi connectivity index (χ1v) is 11.0. The molecule has 0 unspecified atom stereocenters. The highest BCUT2D eigenvalue weighted by atomic mass is 32.1. The van der Waals surface area contributed by atoms with Crippen LogP contribution in [0.3, 0.4) is 0 Å². The van der Waals surface area contributed by atoms with Crippen molar-refractivity contribution in [3.63, 3.8) is 0 Å². The van der Waals surface area contributed by atoms with Gasteiger partial charge in [0.25, 0.3) is 5.91 Å². The number of nitrogens with one attached hydrogen (secondary N) is 1. The molecule has 7 heteroatoms. The van der Waals surface area contributed by atoms with Crippen molar-refractivity contribution in [1.29, 1.82) is 0 Å². The van der Waals surface area contributed by atoms with Gasteiger partial charge in [-0.05, 0) is 49.1 Å². The van der Waals surface area contributed by atoms with E-state index in [4.69, 9.17) is 9.72 Å². The molecule has 31 heavy (non-hydrogen) atoms. The van der Waals surface area contributed by atoms with Gasteiger partial charge in [-0.15, -0.1) is 0 Å². The van der Waals surface area contributed by atoms with Crippen LogP contribution in [-0.4, -0.2) is 27.3 Å². The van der Waals surface area contributed by atoms with E-state index in [1.54, 1.807) is 16.0 Å². The smallest absolute Gasteiger partial charge is 0.263 e. The lowest BCUT2D eigenvalue weighted by Gasteiger charge is -2.18. The number of fused-ring (bicyclic) bond motifs is 1. The van der Waals surface area contributed by atoms with E-state index in [0.717, 1.165) is 21.5 Å². The number of anilines is 1. The van der Waals surface area contributed by atoms with Gasteiger partial charge < -0.3 is 10.1 Å². The van der Waals surface area contributed by atoms with Crippen molar-refractivity contribution in [2.75, 3.05) is 11.9 Å². The predicted molar refractivity (Wildman–Crippen MR) is 125 cm³/mol. The number of hydrogen-bond acceptors (Lipinski definition) is 5. The molecular weight excluding hydrogens is 408 g/mol.